The van der Waals surface area contributed by atoms with Crippen LogP contribution in [0.3, 0.4) is 0 Å². The minimum atomic E-state index is 0.0400. The van der Waals surface area contributed by atoms with E-state index in [1.54, 1.807) is 4.90 Å². The first-order valence-electron chi connectivity index (χ1n) is 7.53. The molecule has 0 fully saturated rings. The molecule has 1 aromatic carbocycles. The monoisotopic (exact) mass is 276 g/mol. The summed E-state index contributed by atoms with van der Waals surface area (Å²) in [4.78, 5) is 13.6. The lowest BCUT2D eigenvalue weighted by Crippen LogP contribution is -2.38. The molecule has 0 atom stereocenters. The van der Waals surface area contributed by atoms with Gasteiger partial charge in [-0.25, -0.2) is 0 Å². The average molecular weight is 276 g/mol. The van der Waals surface area contributed by atoms with Gasteiger partial charge in [-0.15, -0.1) is 0 Å². The third kappa shape index (κ3) is 3.51. The van der Waals surface area contributed by atoms with Crippen molar-refractivity contribution in [3.8, 4) is 5.75 Å². The largest absolute Gasteiger partial charge is 0.482 e. The lowest BCUT2D eigenvalue weighted by Gasteiger charge is -2.28. The van der Waals surface area contributed by atoms with Crippen LogP contribution in [-0.2, 0) is 11.2 Å². The van der Waals surface area contributed by atoms with Gasteiger partial charge in [0, 0.05) is 6.54 Å². The van der Waals surface area contributed by atoms with Gasteiger partial charge in [0.25, 0.3) is 5.91 Å². The molecule has 0 spiro atoms. The molecule has 1 amide bonds. The van der Waals surface area contributed by atoms with E-state index in [-0.39, 0.29) is 12.5 Å². The van der Waals surface area contributed by atoms with Crippen LogP contribution in [0.1, 0.15) is 32.3 Å². The molecule has 0 unspecified atom stereocenters. The number of fused-ring (bicyclic) bond motifs is 1. The number of carbonyl (C=O) groups excluding carboxylic acids is 1. The van der Waals surface area contributed by atoms with Gasteiger partial charge < -0.3 is 15.0 Å². The number of unbranched alkanes of at least 4 members (excludes halogenated alkanes) is 1. The average Bonchev–Trinajstić information content (AvgIpc) is 2.47. The second-order valence-corrected chi connectivity index (χ2v) is 5.08. The predicted octanol–water partition coefficient (Wildman–Crippen LogP) is 2.36. The maximum absolute atomic E-state index is 11.8. The highest BCUT2D eigenvalue weighted by Gasteiger charge is 2.24. The second-order valence-electron chi connectivity index (χ2n) is 5.08. The first-order valence-corrected chi connectivity index (χ1v) is 7.53. The van der Waals surface area contributed by atoms with Crippen molar-refractivity contribution in [2.45, 2.75) is 33.1 Å². The Bertz CT molecular complexity index is 460. The Kier molecular flexibility index (Phi) is 5.41. The quantitative estimate of drug-likeness (QED) is 0.777. The molecule has 0 bridgehead atoms. The number of nitrogens with one attached hydrogen (secondary N) is 1. The van der Waals surface area contributed by atoms with E-state index in [9.17, 15) is 4.79 Å². The normalized spacial score (nSPS) is 14.1. The highest BCUT2D eigenvalue weighted by molar-refractivity contribution is 5.97. The molecule has 2 rings (SSSR count). The first kappa shape index (κ1) is 14.9. The van der Waals surface area contributed by atoms with Crippen LogP contribution < -0.4 is 15.0 Å². The van der Waals surface area contributed by atoms with Crippen LogP contribution in [0.15, 0.2) is 18.2 Å². The highest BCUT2D eigenvalue weighted by atomic mass is 16.5. The summed E-state index contributed by atoms with van der Waals surface area (Å²) < 4.78 is 5.47. The first-order chi connectivity index (χ1) is 9.76. The number of amides is 1. The van der Waals surface area contributed by atoms with Crippen molar-refractivity contribution in [3.63, 3.8) is 0 Å². The third-order valence-electron chi connectivity index (χ3n) is 3.58. The molecule has 1 aromatic rings. The van der Waals surface area contributed by atoms with Crippen molar-refractivity contribution in [1.82, 2.24) is 5.32 Å². The second kappa shape index (κ2) is 7.29. The van der Waals surface area contributed by atoms with Crippen LogP contribution in [0.5, 0.6) is 5.75 Å². The molecule has 0 aromatic heterocycles. The fourth-order valence-corrected chi connectivity index (χ4v) is 2.41. The maximum Gasteiger partial charge on any atom is 0.265 e. The molecule has 1 aliphatic rings. The van der Waals surface area contributed by atoms with E-state index < -0.39 is 0 Å². The lowest BCUT2D eigenvalue weighted by atomic mass is 10.1. The zero-order valence-electron chi connectivity index (χ0n) is 12.4. The number of likely N-dealkylation sites (N-methyl/N-ethyl adjacent to an activating group) is 1. The van der Waals surface area contributed by atoms with Gasteiger partial charge in [-0.2, -0.15) is 0 Å². The van der Waals surface area contributed by atoms with Gasteiger partial charge in [-0.05, 0) is 50.6 Å². The van der Waals surface area contributed by atoms with Crippen LogP contribution >= 0.6 is 0 Å². The lowest BCUT2D eigenvalue weighted by molar-refractivity contribution is -0.121. The van der Waals surface area contributed by atoms with Crippen molar-refractivity contribution < 1.29 is 9.53 Å². The summed E-state index contributed by atoms with van der Waals surface area (Å²) in [5, 5.41) is 3.44. The van der Waals surface area contributed by atoms with Gasteiger partial charge in [0.15, 0.2) is 6.61 Å². The number of benzene rings is 1. The minimum absolute atomic E-state index is 0.0400. The van der Waals surface area contributed by atoms with Crippen molar-refractivity contribution in [2.75, 3.05) is 31.1 Å². The van der Waals surface area contributed by atoms with Crippen LogP contribution in [0.4, 0.5) is 5.69 Å². The Morgan fingerprint density at radius 1 is 1.30 bits per heavy atom. The van der Waals surface area contributed by atoms with E-state index >= 15 is 0 Å². The van der Waals surface area contributed by atoms with Gasteiger partial charge >= 0.3 is 0 Å². The zero-order chi connectivity index (χ0) is 14.4. The van der Waals surface area contributed by atoms with Crippen LogP contribution in [0.2, 0.25) is 0 Å². The van der Waals surface area contributed by atoms with Gasteiger partial charge in [0.1, 0.15) is 5.75 Å². The van der Waals surface area contributed by atoms with E-state index in [1.807, 2.05) is 13.0 Å². The van der Waals surface area contributed by atoms with Gasteiger partial charge in [0.2, 0.25) is 0 Å². The molecule has 20 heavy (non-hydrogen) atoms. The predicted molar refractivity (Wildman–Crippen MR) is 81.4 cm³/mol. The molecular formula is C16H24N2O2. The van der Waals surface area contributed by atoms with Gasteiger partial charge in [-0.1, -0.05) is 19.4 Å². The van der Waals surface area contributed by atoms with E-state index in [2.05, 4.69) is 24.4 Å². The summed E-state index contributed by atoms with van der Waals surface area (Å²) in [5.41, 5.74) is 2.15. The number of nitrogens with zero attached hydrogens (tertiary/aromatic N) is 1. The van der Waals surface area contributed by atoms with Crippen molar-refractivity contribution in [3.05, 3.63) is 23.8 Å². The zero-order valence-corrected chi connectivity index (χ0v) is 12.4. The minimum Gasteiger partial charge on any atom is -0.482 e. The van der Waals surface area contributed by atoms with Crippen LogP contribution in [-0.4, -0.2) is 32.1 Å². The molecule has 4 nitrogen and oxygen atoms in total. The SMILES string of the molecule is CCCCNCCc1ccc2c(c1)N(CC)C(=O)CO2. The summed E-state index contributed by atoms with van der Waals surface area (Å²) in [6.45, 7) is 7.07. The molecule has 1 aliphatic heterocycles. The summed E-state index contributed by atoms with van der Waals surface area (Å²) >= 11 is 0. The Morgan fingerprint density at radius 2 is 2.15 bits per heavy atom. The molecule has 4 heteroatoms. The van der Waals surface area contributed by atoms with Crippen molar-refractivity contribution in [1.29, 1.82) is 0 Å². The molecule has 1 N–H and O–H groups in total. The van der Waals surface area contributed by atoms with E-state index in [4.69, 9.17) is 4.74 Å². The summed E-state index contributed by atoms with van der Waals surface area (Å²) in [6.07, 6.45) is 3.41. The van der Waals surface area contributed by atoms with Crippen molar-refractivity contribution >= 4 is 11.6 Å². The number of hydrogen-bond acceptors (Lipinski definition) is 3. The molecule has 1 heterocycles. The smallest absolute Gasteiger partial charge is 0.265 e. The van der Waals surface area contributed by atoms with E-state index in [1.165, 1.54) is 18.4 Å². The topological polar surface area (TPSA) is 41.6 Å². The van der Waals surface area contributed by atoms with Crippen molar-refractivity contribution in [2.24, 2.45) is 0 Å². The molecule has 110 valence electrons. The fourth-order valence-electron chi connectivity index (χ4n) is 2.41. The summed E-state index contributed by atoms with van der Waals surface area (Å²) in [5.74, 6) is 0.854. The van der Waals surface area contributed by atoms with Crippen LogP contribution in [0.25, 0.3) is 0 Å². The molecule has 0 aliphatic carbocycles. The van der Waals surface area contributed by atoms with Gasteiger partial charge in [-0.3, -0.25) is 4.79 Å². The summed E-state index contributed by atoms with van der Waals surface area (Å²) in [7, 11) is 0. The summed E-state index contributed by atoms with van der Waals surface area (Å²) in [6, 6.07) is 6.15. The Hall–Kier alpha value is -1.55. The molecular weight excluding hydrogens is 252 g/mol. The number of ether oxygens (including phenoxy) is 1. The standard InChI is InChI=1S/C16H24N2O2/c1-3-5-9-17-10-8-13-6-7-15-14(11-13)18(4-2)16(19)12-20-15/h6-7,11,17H,3-5,8-10,12H2,1-2H3. The number of rotatable bonds is 7. The number of hydrogen-bond donors (Lipinski definition) is 1. The third-order valence-corrected chi connectivity index (χ3v) is 3.58. The Labute approximate surface area is 121 Å². The highest BCUT2D eigenvalue weighted by Crippen LogP contribution is 2.32. The van der Waals surface area contributed by atoms with E-state index in [0.717, 1.165) is 30.9 Å². The number of anilines is 1. The number of carbonyl (C=O) groups is 1. The molecule has 0 radical (unpaired) electrons. The molecule has 0 saturated heterocycles. The Morgan fingerprint density at radius 3 is 2.90 bits per heavy atom. The Balaban J connectivity index is 1.99. The fraction of sp³-hybridized carbons (Fsp3) is 0.562. The van der Waals surface area contributed by atoms with Crippen LogP contribution in [0, 0.1) is 0 Å². The molecule has 0 saturated carbocycles. The van der Waals surface area contributed by atoms with E-state index in [0.29, 0.717) is 6.54 Å². The maximum atomic E-state index is 11.8. The van der Waals surface area contributed by atoms with Gasteiger partial charge in [0.05, 0.1) is 5.69 Å².